The highest BCUT2D eigenvalue weighted by Gasteiger charge is 2.41. The molecule has 1 aliphatic rings. The molecular formula is C14H19N3O2S. The Morgan fingerprint density at radius 1 is 1.30 bits per heavy atom. The van der Waals surface area contributed by atoms with Gasteiger partial charge in [-0.05, 0) is 11.8 Å². The zero-order valence-electron chi connectivity index (χ0n) is 11.4. The van der Waals surface area contributed by atoms with Crippen molar-refractivity contribution < 1.29 is 10.2 Å². The molecule has 4 N–H and O–H groups in total. The van der Waals surface area contributed by atoms with Gasteiger partial charge < -0.3 is 20.8 Å². The SMILES string of the molecule is CSC1=NC=C(CO)C(N)(c2ccccc2)N1CCO. The number of hydrogen-bond acceptors (Lipinski definition) is 6. The van der Waals surface area contributed by atoms with E-state index in [9.17, 15) is 10.2 Å². The van der Waals surface area contributed by atoms with Crippen LogP contribution in [0.4, 0.5) is 0 Å². The molecule has 1 aromatic rings. The molecule has 1 aliphatic heterocycles. The molecule has 0 saturated carbocycles. The Labute approximate surface area is 122 Å². The number of aliphatic hydroxyl groups is 2. The lowest BCUT2D eigenvalue weighted by Crippen LogP contribution is -2.59. The third-order valence-corrected chi connectivity index (χ3v) is 4.06. The summed E-state index contributed by atoms with van der Waals surface area (Å²) in [6.45, 7) is 0.130. The van der Waals surface area contributed by atoms with Crippen LogP contribution in [0.15, 0.2) is 47.1 Å². The minimum absolute atomic E-state index is 0.0376. The van der Waals surface area contributed by atoms with Crippen LogP contribution in [0.3, 0.4) is 0 Å². The first kappa shape index (κ1) is 15.1. The normalized spacial score (nSPS) is 22.5. The van der Waals surface area contributed by atoms with Gasteiger partial charge in [-0.1, -0.05) is 42.1 Å². The number of aliphatic imine (C=N–C) groups is 1. The van der Waals surface area contributed by atoms with Crippen LogP contribution in [0.25, 0.3) is 0 Å². The number of aliphatic hydroxyl groups excluding tert-OH is 2. The van der Waals surface area contributed by atoms with Gasteiger partial charge in [0.2, 0.25) is 0 Å². The number of hydrogen-bond donors (Lipinski definition) is 3. The summed E-state index contributed by atoms with van der Waals surface area (Å²) >= 11 is 1.46. The van der Waals surface area contributed by atoms with E-state index in [4.69, 9.17) is 5.73 Å². The van der Waals surface area contributed by atoms with Crippen molar-refractivity contribution in [2.45, 2.75) is 5.66 Å². The first-order valence-corrected chi connectivity index (χ1v) is 7.56. The molecule has 1 heterocycles. The third-order valence-electron chi connectivity index (χ3n) is 3.37. The fourth-order valence-electron chi connectivity index (χ4n) is 2.36. The Morgan fingerprint density at radius 2 is 2.00 bits per heavy atom. The van der Waals surface area contributed by atoms with E-state index in [1.54, 1.807) is 6.20 Å². The number of benzene rings is 1. The molecule has 0 spiro atoms. The van der Waals surface area contributed by atoms with Crippen molar-refractivity contribution in [3.8, 4) is 0 Å². The van der Waals surface area contributed by atoms with Crippen LogP contribution in [0.1, 0.15) is 5.56 Å². The van der Waals surface area contributed by atoms with Gasteiger partial charge in [0.1, 0.15) is 5.66 Å². The van der Waals surface area contributed by atoms with Crippen molar-refractivity contribution in [3.05, 3.63) is 47.7 Å². The largest absolute Gasteiger partial charge is 0.395 e. The second kappa shape index (κ2) is 6.41. The molecule has 0 radical (unpaired) electrons. The minimum Gasteiger partial charge on any atom is -0.395 e. The van der Waals surface area contributed by atoms with E-state index in [0.29, 0.717) is 12.1 Å². The molecule has 0 amide bonds. The van der Waals surface area contributed by atoms with E-state index in [1.165, 1.54) is 11.8 Å². The summed E-state index contributed by atoms with van der Waals surface area (Å²) in [7, 11) is 0. The first-order valence-electron chi connectivity index (χ1n) is 6.33. The lowest BCUT2D eigenvalue weighted by molar-refractivity contribution is 0.155. The molecule has 1 atom stereocenters. The van der Waals surface area contributed by atoms with Gasteiger partial charge in [-0.3, -0.25) is 0 Å². The fourth-order valence-corrected chi connectivity index (χ4v) is 2.97. The molecule has 1 aromatic carbocycles. The minimum atomic E-state index is -0.987. The van der Waals surface area contributed by atoms with Crippen molar-refractivity contribution in [2.75, 3.05) is 26.0 Å². The van der Waals surface area contributed by atoms with Crippen LogP contribution in [-0.2, 0) is 5.66 Å². The zero-order chi connectivity index (χ0) is 14.6. The van der Waals surface area contributed by atoms with E-state index in [-0.39, 0.29) is 13.2 Å². The zero-order valence-corrected chi connectivity index (χ0v) is 12.2. The van der Waals surface area contributed by atoms with Crippen molar-refractivity contribution in [2.24, 2.45) is 10.7 Å². The Bertz CT molecular complexity index is 518. The molecule has 0 aliphatic carbocycles. The Kier molecular flexibility index (Phi) is 4.82. The van der Waals surface area contributed by atoms with Crippen LogP contribution in [-0.4, -0.2) is 46.3 Å². The topological polar surface area (TPSA) is 82.1 Å². The van der Waals surface area contributed by atoms with Gasteiger partial charge in [0.05, 0.1) is 13.2 Å². The average molecular weight is 293 g/mol. The van der Waals surface area contributed by atoms with Gasteiger partial charge in [0, 0.05) is 18.3 Å². The van der Waals surface area contributed by atoms with Crippen molar-refractivity contribution in [1.29, 1.82) is 0 Å². The maximum Gasteiger partial charge on any atom is 0.165 e. The maximum absolute atomic E-state index is 9.62. The second-order valence-corrected chi connectivity index (χ2v) is 5.21. The van der Waals surface area contributed by atoms with E-state index in [2.05, 4.69) is 4.99 Å². The van der Waals surface area contributed by atoms with Crippen LogP contribution in [0.5, 0.6) is 0 Å². The fraction of sp³-hybridized carbons (Fsp3) is 0.357. The summed E-state index contributed by atoms with van der Waals surface area (Å²) in [6, 6.07) is 9.55. The van der Waals surface area contributed by atoms with Crippen molar-refractivity contribution in [3.63, 3.8) is 0 Å². The van der Waals surface area contributed by atoms with E-state index in [1.807, 2.05) is 41.5 Å². The number of amidine groups is 1. The standard InChI is InChI=1S/C14H19N3O2S/c1-20-13-16-9-12(10-19)14(15,17(13)7-8-18)11-5-3-2-4-6-11/h2-6,9,18-19H,7-8,10,15H2,1H3. The van der Waals surface area contributed by atoms with E-state index >= 15 is 0 Å². The summed E-state index contributed by atoms with van der Waals surface area (Å²) < 4.78 is 0. The summed E-state index contributed by atoms with van der Waals surface area (Å²) in [5.74, 6) is 0. The Balaban J connectivity index is 2.55. The average Bonchev–Trinajstić information content (AvgIpc) is 2.50. The van der Waals surface area contributed by atoms with E-state index < -0.39 is 5.66 Å². The summed E-state index contributed by atoms with van der Waals surface area (Å²) in [4.78, 5) is 6.15. The maximum atomic E-state index is 9.62. The molecule has 6 heteroatoms. The lowest BCUT2D eigenvalue weighted by Gasteiger charge is -2.45. The van der Waals surface area contributed by atoms with Gasteiger partial charge in [-0.25, -0.2) is 4.99 Å². The number of rotatable bonds is 4. The highest BCUT2D eigenvalue weighted by molar-refractivity contribution is 8.13. The highest BCUT2D eigenvalue weighted by atomic mass is 32.2. The van der Waals surface area contributed by atoms with Gasteiger partial charge in [-0.15, -0.1) is 0 Å². The van der Waals surface area contributed by atoms with Crippen molar-refractivity contribution in [1.82, 2.24) is 4.90 Å². The summed E-state index contributed by atoms with van der Waals surface area (Å²) in [5, 5.41) is 19.7. The lowest BCUT2D eigenvalue weighted by atomic mass is 9.90. The van der Waals surface area contributed by atoms with E-state index in [0.717, 1.165) is 10.7 Å². The molecule has 0 aromatic heterocycles. The first-order chi connectivity index (χ1) is 9.68. The molecule has 0 bridgehead atoms. The molecule has 20 heavy (non-hydrogen) atoms. The molecule has 5 nitrogen and oxygen atoms in total. The third kappa shape index (κ3) is 2.47. The number of nitrogens with two attached hydrogens (primary N) is 1. The monoisotopic (exact) mass is 293 g/mol. The molecule has 0 saturated heterocycles. The highest BCUT2D eigenvalue weighted by Crippen LogP contribution is 2.35. The van der Waals surface area contributed by atoms with Gasteiger partial charge in [-0.2, -0.15) is 0 Å². The quantitative estimate of drug-likeness (QED) is 0.761. The Morgan fingerprint density at radius 3 is 2.55 bits per heavy atom. The Hall–Kier alpha value is -1.34. The van der Waals surface area contributed by atoms with Crippen LogP contribution >= 0.6 is 11.8 Å². The van der Waals surface area contributed by atoms with Crippen LogP contribution in [0, 0.1) is 0 Å². The molecular weight excluding hydrogens is 274 g/mol. The predicted molar refractivity (Wildman–Crippen MR) is 82.2 cm³/mol. The second-order valence-electron chi connectivity index (χ2n) is 4.44. The van der Waals surface area contributed by atoms with Gasteiger partial charge >= 0.3 is 0 Å². The smallest absolute Gasteiger partial charge is 0.165 e. The molecule has 0 fully saturated rings. The molecule has 1 unspecified atom stereocenters. The number of thioether (sulfide) groups is 1. The number of β-amino-alcohol motifs (C(OH)–C–C–N with tert-alkyl or cyclic N) is 1. The predicted octanol–water partition coefficient (Wildman–Crippen LogP) is 0.701. The summed E-state index contributed by atoms with van der Waals surface area (Å²) in [5.41, 5.74) is 7.10. The number of nitrogens with zero attached hydrogens (tertiary/aromatic N) is 2. The van der Waals surface area contributed by atoms with Crippen LogP contribution in [0.2, 0.25) is 0 Å². The van der Waals surface area contributed by atoms with Gasteiger partial charge in [0.15, 0.2) is 5.17 Å². The molecule has 2 rings (SSSR count). The van der Waals surface area contributed by atoms with Crippen molar-refractivity contribution >= 4 is 16.9 Å². The molecule has 108 valence electrons. The van der Waals surface area contributed by atoms with Crippen LogP contribution < -0.4 is 5.73 Å². The summed E-state index contributed by atoms with van der Waals surface area (Å²) in [6.07, 6.45) is 3.53. The van der Waals surface area contributed by atoms with Gasteiger partial charge in [0.25, 0.3) is 0 Å².